The van der Waals surface area contributed by atoms with E-state index in [-0.39, 0.29) is 0 Å². The topological polar surface area (TPSA) is 57.5 Å². The molecule has 2 heterocycles. The maximum atomic E-state index is 4.27. The van der Waals surface area contributed by atoms with Gasteiger partial charge in [0.1, 0.15) is 0 Å². The minimum Gasteiger partial charge on any atom is -0.355 e. The van der Waals surface area contributed by atoms with Gasteiger partial charge in [-0.15, -0.1) is 0 Å². The van der Waals surface area contributed by atoms with E-state index in [1.807, 2.05) is 24.1 Å². The zero-order valence-corrected chi connectivity index (χ0v) is 13.3. The van der Waals surface area contributed by atoms with Crippen molar-refractivity contribution in [2.75, 3.05) is 39.8 Å². The number of guanidine groups is 1. The molecule has 2 N–H and O–H groups in total. The minimum absolute atomic E-state index is 0.824. The van der Waals surface area contributed by atoms with Gasteiger partial charge in [0, 0.05) is 32.9 Å². The van der Waals surface area contributed by atoms with Gasteiger partial charge in [-0.05, 0) is 38.4 Å². The van der Waals surface area contributed by atoms with Crippen LogP contribution >= 0.6 is 0 Å². The lowest BCUT2D eigenvalue weighted by Crippen LogP contribution is -2.43. The Bertz CT molecular complexity index is 433. The Morgan fingerprint density at radius 3 is 2.52 bits per heavy atom. The first-order valence-corrected chi connectivity index (χ1v) is 7.94. The molecule has 118 valence electrons. The van der Waals surface area contributed by atoms with Crippen LogP contribution < -0.4 is 10.6 Å². The van der Waals surface area contributed by atoms with Crippen LogP contribution in [0.2, 0.25) is 0 Å². The predicted molar refractivity (Wildman–Crippen MR) is 86.6 cm³/mol. The van der Waals surface area contributed by atoms with Gasteiger partial charge in [0.05, 0.1) is 12.7 Å². The number of aromatic nitrogens is 2. The number of aliphatic imine (C=N–C) groups is 1. The molecular weight excluding hydrogens is 264 g/mol. The quantitative estimate of drug-likeness (QED) is 0.603. The number of likely N-dealkylation sites (tertiary alicyclic amines) is 1. The standard InChI is InChI=1S/C15H28N6/c1-14-12-19-21(13-14)11-7-18-15(16-2)17-6-10-20-8-4-3-5-9-20/h12-13H,3-11H2,1-2H3,(H2,16,17,18). The molecule has 0 aliphatic carbocycles. The van der Waals surface area contributed by atoms with Gasteiger partial charge < -0.3 is 15.5 Å². The summed E-state index contributed by atoms with van der Waals surface area (Å²) >= 11 is 0. The van der Waals surface area contributed by atoms with E-state index in [1.54, 1.807) is 0 Å². The molecule has 2 rings (SSSR count). The highest BCUT2D eigenvalue weighted by Crippen LogP contribution is 2.07. The fraction of sp³-hybridized carbons (Fsp3) is 0.733. The molecule has 0 aromatic carbocycles. The van der Waals surface area contributed by atoms with Crippen molar-refractivity contribution in [3.8, 4) is 0 Å². The van der Waals surface area contributed by atoms with Crippen LogP contribution in [0.25, 0.3) is 0 Å². The van der Waals surface area contributed by atoms with Crippen LogP contribution in [-0.2, 0) is 6.54 Å². The monoisotopic (exact) mass is 292 g/mol. The van der Waals surface area contributed by atoms with Gasteiger partial charge in [-0.25, -0.2) is 0 Å². The first kappa shape index (κ1) is 15.8. The first-order valence-electron chi connectivity index (χ1n) is 7.94. The van der Waals surface area contributed by atoms with E-state index in [4.69, 9.17) is 0 Å². The van der Waals surface area contributed by atoms with Crippen molar-refractivity contribution in [1.82, 2.24) is 25.3 Å². The second kappa shape index (κ2) is 8.67. The van der Waals surface area contributed by atoms with E-state index >= 15 is 0 Å². The van der Waals surface area contributed by atoms with Crippen molar-refractivity contribution in [3.05, 3.63) is 18.0 Å². The van der Waals surface area contributed by atoms with E-state index < -0.39 is 0 Å². The molecule has 1 aromatic heterocycles. The lowest BCUT2D eigenvalue weighted by molar-refractivity contribution is 0.232. The number of piperidine rings is 1. The summed E-state index contributed by atoms with van der Waals surface area (Å²) in [5.41, 5.74) is 1.19. The normalized spacial score (nSPS) is 17.0. The van der Waals surface area contributed by atoms with E-state index in [0.717, 1.165) is 32.1 Å². The van der Waals surface area contributed by atoms with Crippen LogP contribution in [-0.4, -0.2) is 60.4 Å². The summed E-state index contributed by atoms with van der Waals surface area (Å²) in [6, 6.07) is 0. The van der Waals surface area contributed by atoms with Gasteiger partial charge in [-0.3, -0.25) is 9.67 Å². The Labute approximate surface area is 127 Å². The molecule has 0 bridgehead atoms. The van der Waals surface area contributed by atoms with Crippen LogP contribution in [0.1, 0.15) is 24.8 Å². The molecule has 0 amide bonds. The Morgan fingerprint density at radius 1 is 1.19 bits per heavy atom. The van der Waals surface area contributed by atoms with Gasteiger partial charge in [0.2, 0.25) is 0 Å². The number of rotatable bonds is 6. The SMILES string of the molecule is CN=C(NCCN1CCCCC1)NCCn1cc(C)cn1. The van der Waals surface area contributed by atoms with E-state index in [1.165, 1.54) is 37.9 Å². The van der Waals surface area contributed by atoms with Crippen LogP contribution in [0.15, 0.2) is 17.4 Å². The zero-order chi connectivity index (χ0) is 14.9. The molecule has 1 aliphatic heterocycles. The molecular formula is C15H28N6. The van der Waals surface area contributed by atoms with Gasteiger partial charge in [-0.1, -0.05) is 6.42 Å². The van der Waals surface area contributed by atoms with Crippen molar-refractivity contribution in [1.29, 1.82) is 0 Å². The average Bonchev–Trinajstić information content (AvgIpc) is 2.92. The van der Waals surface area contributed by atoms with Gasteiger partial charge in [0.15, 0.2) is 5.96 Å². The Hall–Kier alpha value is -1.56. The molecule has 0 unspecified atom stereocenters. The van der Waals surface area contributed by atoms with Crippen molar-refractivity contribution < 1.29 is 0 Å². The van der Waals surface area contributed by atoms with Crippen LogP contribution in [0.4, 0.5) is 0 Å². The zero-order valence-electron chi connectivity index (χ0n) is 13.3. The third kappa shape index (κ3) is 5.75. The summed E-state index contributed by atoms with van der Waals surface area (Å²) in [5.74, 6) is 0.871. The molecule has 0 radical (unpaired) electrons. The molecule has 1 aromatic rings. The molecule has 0 atom stereocenters. The molecule has 1 aliphatic rings. The number of hydrogen-bond acceptors (Lipinski definition) is 3. The molecule has 0 spiro atoms. The van der Waals surface area contributed by atoms with Crippen molar-refractivity contribution >= 4 is 5.96 Å². The highest BCUT2D eigenvalue weighted by atomic mass is 15.3. The second-order valence-electron chi connectivity index (χ2n) is 5.61. The van der Waals surface area contributed by atoms with Gasteiger partial charge >= 0.3 is 0 Å². The van der Waals surface area contributed by atoms with Crippen molar-refractivity contribution in [2.45, 2.75) is 32.7 Å². The highest BCUT2D eigenvalue weighted by molar-refractivity contribution is 5.79. The summed E-state index contributed by atoms with van der Waals surface area (Å²) in [6.45, 7) is 8.25. The van der Waals surface area contributed by atoms with Crippen molar-refractivity contribution in [3.63, 3.8) is 0 Å². The van der Waals surface area contributed by atoms with Crippen LogP contribution in [0.5, 0.6) is 0 Å². The lowest BCUT2D eigenvalue weighted by Gasteiger charge is -2.26. The van der Waals surface area contributed by atoms with Crippen LogP contribution in [0, 0.1) is 6.92 Å². The Balaban J connectivity index is 1.59. The van der Waals surface area contributed by atoms with E-state index in [9.17, 15) is 0 Å². The van der Waals surface area contributed by atoms with Crippen molar-refractivity contribution in [2.24, 2.45) is 4.99 Å². The fourth-order valence-electron chi connectivity index (χ4n) is 2.61. The molecule has 21 heavy (non-hydrogen) atoms. The maximum Gasteiger partial charge on any atom is 0.191 e. The summed E-state index contributed by atoms with van der Waals surface area (Å²) in [4.78, 5) is 6.78. The Kier molecular flexibility index (Phi) is 6.53. The first-order chi connectivity index (χ1) is 10.3. The van der Waals surface area contributed by atoms with E-state index in [2.05, 4.69) is 32.5 Å². The number of nitrogens with one attached hydrogen (secondary N) is 2. The molecule has 6 nitrogen and oxygen atoms in total. The van der Waals surface area contributed by atoms with E-state index in [0.29, 0.717) is 0 Å². The number of aryl methyl sites for hydroxylation is 1. The minimum atomic E-state index is 0.824. The summed E-state index contributed by atoms with van der Waals surface area (Å²) in [6.07, 6.45) is 8.01. The third-order valence-electron chi connectivity index (χ3n) is 3.79. The summed E-state index contributed by atoms with van der Waals surface area (Å²) in [5, 5.41) is 11.0. The molecule has 6 heteroatoms. The summed E-state index contributed by atoms with van der Waals surface area (Å²) < 4.78 is 1.95. The second-order valence-corrected chi connectivity index (χ2v) is 5.61. The van der Waals surface area contributed by atoms with Crippen LogP contribution in [0.3, 0.4) is 0 Å². The highest BCUT2D eigenvalue weighted by Gasteiger charge is 2.09. The smallest absolute Gasteiger partial charge is 0.191 e. The lowest BCUT2D eigenvalue weighted by atomic mass is 10.1. The van der Waals surface area contributed by atoms with Gasteiger partial charge in [-0.2, -0.15) is 5.10 Å². The maximum absolute atomic E-state index is 4.27. The molecule has 1 saturated heterocycles. The molecule has 1 fully saturated rings. The predicted octanol–water partition coefficient (Wildman–Crippen LogP) is 0.842. The molecule has 0 saturated carbocycles. The summed E-state index contributed by atoms with van der Waals surface area (Å²) in [7, 11) is 1.81. The fourth-order valence-corrected chi connectivity index (χ4v) is 2.61. The average molecular weight is 292 g/mol. The van der Waals surface area contributed by atoms with Gasteiger partial charge in [0.25, 0.3) is 0 Å². The third-order valence-corrected chi connectivity index (χ3v) is 3.79. The number of hydrogen-bond donors (Lipinski definition) is 2. The number of nitrogens with zero attached hydrogens (tertiary/aromatic N) is 4. The largest absolute Gasteiger partial charge is 0.355 e. The Morgan fingerprint density at radius 2 is 1.90 bits per heavy atom.